The molecule has 0 saturated carbocycles. The van der Waals surface area contributed by atoms with E-state index in [0.717, 1.165) is 62.4 Å². The van der Waals surface area contributed by atoms with E-state index < -0.39 is 5.41 Å². The molecule has 0 unspecified atom stereocenters. The van der Waals surface area contributed by atoms with Crippen LogP contribution in [-0.2, 0) is 18.3 Å². The van der Waals surface area contributed by atoms with E-state index in [1.807, 2.05) is 12.1 Å². The molecular weight excluding hydrogens is 416 g/mol. The van der Waals surface area contributed by atoms with E-state index in [-0.39, 0.29) is 18.3 Å². The normalized spacial score (nSPS) is 17.8. The molecule has 3 nitrogen and oxygen atoms in total. The Morgan fingerprint density at radius 1 is 0.969 bits per heavy atom. The highest BCUT2D eigenvalue weighted by Crippen LogP contribution is 2.43. The smallest absolute Gasteiger partial charge is 0.122 e. The minimum atomic E-state index is -0.609. The van der Waals surface area contributed by atoms with Gasteiger partial charge in [-0.1, -0.05) is 72.8 Å². The van der Waals surface area contributed by atoms with Gasteiger partial charge in [0.1, 0.15) is 11.2 Å². The number of fused-ring (bicyclic) bond motifs is 1. The van der Waals surface area contributed by atoms with Crippen LogP contribution >= 0.6 is 12.4 Å². The zero-order valence-electron chi connectivity index (χ0n) is 18.2. The van der Waals surface area contributed by atoms with Crippen molar-refractivity contribution in [1.29, 1.82) is 5.26 Å². The molecule has 0 bridgehead atoms. The zero-order valence-corrected chi connectivity index (χ0v) is 19.1. The Morgan fingerprint density at radius 2 is 1.66 bits per heavy atom. The summed E-state index contributed by atoms with van der Waals surface area (Å²) in [4.78, 5) is 2.53. The fraction of sp³-hybridized carbons (Fsp3) is 0.321. The number of hydrogen-bond acceptors (Lipinski definition) is 3. The number of nitrogens with zero attached hydrogens (tertiary/aromatic N) is 2. The molecule has 0 aromatic heterocycles. The Labute approximate surface area is 197 Å². The van der Waals surface area contributed by atoms with Crippen LogP contribution in [0.2, 0.25) is 0 Å². The van der Waals surface area contributed by atoms with Gasteiger partial charge in [-0.15, -0.1) is 12.4 Å². The summed E-state index contributed by atoms with van der Waals surface area (Å²) in [6.45, 7) is 3.83. The van der Waals surface area contributed by atoms with Gasteiger partial charge in [-0.05, 0) is 53.6 Å². The minimum absolute atomic E-state index is 0. The first-order chi connectivity index (χ1) is 15.3. The SMILES string of the molecule is Cl.N#CC(c1ccccc1)(c1ccccc1)[C@@H]1CCN(CCc2ccc3c(c2)CCO3)C1. The lowest BCUT2D eigenvalue weighted by Crippen LogP contribution is -2.37. The van der Waals surface area contributed by atoms with Gasteiger partial charge in [-0.25, -0.2) is 0 Å². The fourth-order valence-electron chi connectivity index (χ4n) is 5.33. The summed E-state index contributed by atoms with van der Waals surface area (Å²) >= 11 is 0. The van der Waals surface area contributed by atoms with Crippen molar-refractivity contribution in [3.8, 4) is 11.8 Å². The Balaban J connectivity index is 0.00000245. The lowest BCUT2D eigenvalue weighted by molar-refractivity contribution is 0.308. The largest absolute Gasteiger partial charge is 0.493 e. The molecule has 1 atom stereocenters. The summed E-state index contributed by atoms with van der Waals surface area (Å²) in [7, 11) is 0. The fourth-order valence-corrected chi connectivity index (χ4v) is 5.33. The van der Waals surface area contributed by atoms with Crippen molar-refractivity contribution in [2.24, 2.45) is 5.92 Å². The second-order valence-electron chi connectivity index (χ2n) is 8.73. The molecule has 2 aliphatic rings. The third kappa shape index (κ3) is 4.13. The predicted octanol–water partition coefficient (Wildman–Crippen LogP) is 5.42. The number of benzene rings is 3. The number of halogens is 1. The van der Waals surface area contributed by atoms with E-state index in [2.05, 4.69) is 77.7 Å². The van der Waals surface area contributed by atoms with Gasteiger partial charge in [-0.2, -0.15) is 5.26 Å². The van der Waals surface area contributed by atoms with E-state index in [9.17, 15) is 5.26 Å². The van der Waals surface area contributed by atoms with Gasteiger partial charge < -0.3 is 9.64 Å². The highest BCUT2D eigenvalue weighted by molar-refractivity contribution is 5.85. The average molecular weight is 445 g/mol. The van der Waals surface area contributed by atoms with Gasteiger partial charge in [0.25, 0.3) is 0 Å². The van der Waals surface area contributed by atoms with Crippen molar-refractivity contribution < 1.29 is 4.74 Å². The van der Waals surface area contributed by atoms with Crippen molar-refractivity contribution in [3.63, 3.8) is 0 Å². The molecule has 4 heteroatoms. The zero-order chi connectivity index (χ0) is 21.1. The summed E-state index contributed by atoms with van der Waals surface area (Å²) in [5, 5.41) is 10.5. The van der Waals surface area contributed by atoms with Crippen LogP contribution in [0.4, 0.5) is 0 Å². The molecule has 5 rings (SSSR count). The monoisotopic (exact) mass is 444 g/mol. The summed E-state index contributed by atoms with van der Waals surface area (Å²) < 4.78 is 5.64. The lowest BCUT2D eigenvalue weighted by atomic mass is 9.66. The van der Waals surface area contributed by atoms with E-state index >= 15 is 0 Å². The highest BCUT2D eigenvalue weighted by Gasteiger charge is 2.45. The number of hydrogen-bond donors (Lipinski definition) is 0. The maximum atomic E-state index is 10.5. The molecule has 32 heavy (non-hydrogen) atoms. The molecule has 2 heterocycles. The van der Waals surface area contributed by atoms with Crippen molar-refractivity contribution in [2.75, 3.05) is 26.2 Å². The van der Waals surface area contributed by atoms with Gasteiger partial charge in [0, 0.05) is 19.5 Å². The Kier molecular flexibility index (Phi) is 6.84. The van der Waals surface area contributed by atoms with Gasteiger partial charge in [-0.3, -0.25) is 0 Å². The Hall–Kier alpha value is -2.80. The van der Waals surface area contributed by atoms with Crippen LogP contribution < -0.4 is 4.74 Å². The molecule has 0 spiro atoms. The molecule has 0 N–H and O–H groups in total. The van der Waals surface area contributed by atoms with Crippen LogP contribution in [0, 0.1) is 17.2 Å². The second-order valence-corrected chi connectivity index (χ2v) is 8.73. The molecule has 3 aromatic rings. The van der Waals surface area contributed by atoms with E-state index in [1.54, 1.807) is 0 Å². The van der Waals surface area contributed by atoms with Crippen molar-refractivity contribution in [1.82, 2.24) is 4.90 Å². The Morgan fingerprint density at radius 3 is 2.31 bits per heavy atom. The van der Waals surface area contributed by atoms with Crippen molar-refractivity contribution >= 4 is 12.4 Å². The Bertz CT molecular complexity index is 1040. The first kappa shape index (κ1) is 22.4. The molecule has 0 radical (unpaired) electrons. The van der Waals surface area contributed by atoms with E-state index in [4.69, 9.17) is 4.74 Å². The van der Waals surface area contributed by atoms with Crippen LogP contribution in [0.1, 0.15) is 28.7 Å². The van der Waals surface area contributed by atoms with Crippen LogP contribution in [0.5, 0.6) is 5.75 Å². The molecule has 3 aromatic carbocycles. The third-order valence-electron chi connectivity index (χ3n) is 6.99. The van der Waals surface area contributed by atoms with Crippen LogP contribution in [-0.4, -0.2) is 31.1 Å². The summed E-state index contributed by atoms with van der Waals surface area (Å²) in [6.07, 6.45) is 3.10. The average Bonchev–Trinajstić information content (AvgIpc) is 3.50. The standard InChI is InChI=1S/C28H28N2O.ClH/c29-21-28(24-7-3-1-4-8-24,25-9-5-2-6-10-25)26-14-17-30(20-26)16-13-22-11-12-27-23(19-22)15-18-31-27;/h1-12,19,26H,13-18,20H2;1H/t26-;/m1./s1. The van der Waals surface area contributed by atoms with Crippen molar-refractivity contribution in [3.05, 3.63) is 101 Å². The maximum absolute atomic E-state index is 10.5. The van der Waals surface area contributed by atoms with Crippen LogP contribution in [0.15, 0.2) is 78.9 Å². The predicted molar refractivity (Wildman–Crippen MR) is 130 cm³/mol. The quantitative estimate of drug-likeness (QED) is 0.509. The molecule has 164 valence electrons. The highest BCUT2D eigenvalue weighted by atomic mass is 35.5. The number of nitriles is 1. The van der Waals surface area contributed by atoms with Gasteiger partial charge in [0.2, 0.25) is 0 Å². The van der Waals surface area contributed by atoms with Gasteiger partial charge in [0.15, 0.2) is 0 Å². The molecule has 2 aliphatic heterocycles. The summed E-state index contributed by atoms with van der Waals surface area (Å²) in [5.74, 6) is 1.32. The topological polar surface area (TPSA) is 36.3 Å². The third-order valence-corrected chi connectivity index (χ3v) is 6.99. The number of rotatable bonds is 6. The first-order valence-electron chi connectivity index (χ1n) is 11.3. The maximum Gasteiger partial charge on any atom is 0.122 e. The number of ether oxygens (including phenoxy) is 1. The second kappa shape index (κ2) is 9.77. The van der Waals surface area contributed by atoms with Crippen LogP contribution in [0.25, 0.3) is 0 Å². The van der Waals surface area contributed by atoms with E-state index in [0.29, 0.717) is 0 Å². The number of likely N-dealkylation sites (tertiary alicyclic amines) is 1. The van der Waals surface area contributed by atoms with Crippen molar-refractivity contribution in [2.45, 2.75) is 24.7 Å². The lowest BCUT2D eigenvalue weighted by Gasteiger charge is -2.34. The van der Waals surface area contributed by atoms with E-state index in [1.165, 1.54) is 11.1 Å². The molecule has 1 fully saturated rings. The van der Waals surface area contributed by atoms with Gasteiger partial charge >= 0.3 is 0 Å². The molecule has 1 saturated heterocycles. The summed E-state index contributed by atoms with van der Waals surface area (Å²) in [5.41, 5.74) is 4.32. The first-order valence-corrected chi connectivity index (χ1v) is 11.3. The molecule has 0 amide bonds. The minimum Gasteiger partial charge on any atom is -0.493 e. The summed E-state index contributed by atoms with van der Waals surface area (Å²) in [6, 6.07) is 30.1. The molecular formula is C28H29ClN2O. The van der Waals surface area contributed by atoms with Crippen LogP contribution in [0.3, 0.4) is 0 Å². The van der Waals surface area contributed by atoms with Gasteiger partial charge in [0.05, 0.1) is 12.7 Å². The molecule has 0 aliphatic carbocycles.